The summed E-state index contributed by atoms with van der Waals surface area (Å²) < 4.78 is 6.99. The molecule has 6 nitrogen and oxygen atoms in total. The van der Waals surface area contributed by atoms with Gasteiger partial charge >= 0.3 is 0 Å². The van der Waals surface area contributed by atoms with Crippen molar-refractivity contribution in [3.8, 4) is 17.1 Å². The molecule has 0 radical (unpaired) electrons. The highest BCUT2D eigenvalue weighted by atomic mass is 35.5. The first kappa shape index (κ1) is 22.3. The van der Waals surface area contributed by atoms with Gasteiger partial charge in [-0.2, -0.15) is 0 Å². The number of carbonyl (C=O) groups is 1. The molecule has 1 aromatic heterocycles. The van der Waals surface area contributed by atoms with Gasteiger partial charge in [0.05, 0.1) is 5.25 Å². The third-order valence-corrected chi connectivity index (χ3v) is 5.80. The Morgan fingerprint density at radius 1 is 1.17 bits per heavy atom. The molecule has 3 aromatic rings. The lowest BCUT2D eigenvalue weighted by Crippen LogP contribution is -2.32. The van der Waals surface area contributed by atoms with Crippen LogP contribution in [0.15, 0.2) is 53.7 Å². The van der Waals surface area contributed by atoms with E-state index in [1.807, 2.05) is 66.9 Å². The minimum atomic E-state index is -0.320. The Labute approximate surface area is 186 Å². The molecule has 3 rings (SSSR count). The van der Waals surface area contributed by atoms with Crippen molar-refractivity contribution in [3.05, 3.63) is 59.1 Å². The molecule has 1 unspecified atom stereocenters. The molecule has 158 valence electrons. The van der Waals surface area contributed by atoms with Crippen molar-refractivity contribution in [1.29, 1.82) is 0 Å². The number of hydrogen-bond donors (Lipinski definition) is 1. The molecule has 1 N–H and O–H groups in total. The number of thioether (sulfide) groups is 1. The molecule has 0 spiro atoms. The van der Waals surface area contributed by atoms with Gasteiger partial charge in [0.25, 0.3) is 0 Å². The first-order chi connectivity index (χ1) is 14.5. The fraction of sp³-hybridized carbons (Fsp3) is 0.318. The summed E-state index contributed by atoms with van der Waals surface area (Å²) >= 11 is 7.42. The normalized spacial score (nSPS) is 12.0. The standard InChI is InChI=1S/C22H25ClN4O2S/c1-15-5-11-19(12-6-15)27-20(17-7-9-18(23)10-8-17)25-26-22(27)30-16(2)21(28)24-13-4-14-29-3/h5-12,16H,4,13-14H2,1-3H3,(H,24,28). The zero-order chi connectivity index (χ0) is 21.5. The van der Waals surface area contributed by atoms with E-state index in [0.29, 0.717) is 29.2 Å². The van der Waals surface area contributed by atoms with Gasteiger partial charge in [-0.25, -0.2) is 0 Å². The van der Waals surface area contributed by atoms with E-state index in [1.165, 1.54) is 11.8 Å². The Kier molecular flexibility index (Phi) is 7.90. The Bertz CT molecular complexity index is 974. The van der Waals surface area contributed by atoms with E-state index in [9.17, 15) is 4.79 Å². The zero-order valence-electron chi connectivity index (χ0n) is 17.3. The summed E-state index contributed by atoms with van der Waals surface area (Å²) in [6, 6.07) is 15.6. The van der Waals surface area contributed by atoms with Gasteiger partial charge in [0, 0.05) is 36.5 Å². The Morgan fingerprint density at radius 2 is 1.87 bits per heavy atom. The van der Waals surface area contributed by atoms with Crippen LogP contribution >= 0.6 is 23.4 Å². The van der Waals surface area contributed by atoms with Crippen LogP contribution in [0.25, 0.3) is 17.1 Å². The van der Waals surface area contributed by atoms with Gasteiger partial charge in [-0.05, 0) is 56.7 Å². The number of aromatic nitrogens is 3. The molecule has 1 atom stereocenters. The van der Waals surface area contributed by atoms with Crippen LogP contribution in [0.2, 0.25) is 5.02 Å². The fourth-order valence-electron chi connectivity index (χ4n) is 2.84. The van der Waals surface area contributed by atoms with E-state index in [4.69, 9.17) is 16.3 Å². The summed E-state index contributed by atoms with van der Waals surface area (Å²) in [4.78, 5) is 12.5. The van der Waals surface area contributed by atoms with E-state index in [1.54, 1.807) is 7.11 Å². The number of amides is 1. The Hall–Kier alpha value is -2.35. The van der Waals surface area contributed by atoms with Crippen LogP contribution in [0.5, 0.6) is 0 Å². The SMILES string of the molecule is COCCCNC(=O)C(C)Sc1nnc(-c2ccc(Cl)cc2)n1-c1ccc(C)cc1. The average molecular weight is 445 g/mol. The van der Waals surface area contributed by atoms with Gasteiger partial charge in [-0.3, -0.25) is 9.36 Å². The topological polar surface area (TPSA) is 69.0 Å². The Morgan fingerprint density at radius 3 is 2.53 bits per heavy atom. The first-order valence-electron chi connectivity index (χ1n) is 9.71. The predicted octanol–water partition coefficient (Wildman–Crippen LogP) is 4.53. The molecule has 0 aliphatic carbocycles. The molecule has 1 amide bonds. The smallest absolute Gasteiger partial charge is 0.233 e. The monoisotopic (exact) mass is 444 g/mol. The lowest BCUT2D eigenvalue weighted by Gasteiger charge is -2.14. The van der Waals surface area contributed by atoms with Crippen molar-refractivity contribution in [3.63, 3.8) is 0 Å². The maximum atomic E-state index is 12.5. The maximum Gasteiger partial charge on any atom is 0.233 e. The molecule has 0 bridgehead atoms. The number of halogens is 1. The quantitative estimate of drug-likeness (QED) is 0.388. The number of hydrogen-bond acceptors (Lipinski definition) is 5. The van der Waals surface area contributed by atoms with Gasteiger partial charge in [-0.1, -0.05) is 41.1 Å². The highest BCUT2D eigenvalue weighted by Crippen LogP contribution is 2.30. The molecule has 0 saturated carbocycles. The molecule has 0 fully saturated rings. The molecule has 0 aliphatic heterocycles. The van der Waals surface area contributed by atoms with E-state index >= 15 is 0 Å². The van der Waals surface area contributed by atoms with Gasteiger partial charge in [0.1, 0.15) is 0 Å². The summed E-state index contributed by atoms with van der Waals surface area (Å²) in [5, 5.41) is 12.7. The number of nitrogens with one attached hydrogen (secondary N) is 1. The minimum Gasteiger partial charge on any atom is -0.385 e. The second-order valence-corrected chi connectivity index (χ2v) is 8.63. The molecular weight excluding hydrogens is 420 g/mol. The van der Waals surface area contributed by atoms with E-state index in [0.717, 1.165) is 23.2 Å². The van der Waals surface area contributed by atoms with Crippen LogP contribution < -0.4 is 5.32 Å². The van der Waals surface area contributed by atoms with E-state index < -0.39 is 0 Å². The number of aryl methyl sites for hydroxylation is 1. The summed E-state index contributed by atoms with van der Waals surface area (Å²) in [5.41, 5.74) is 3.00. The number of rotatable bonds is 9. The maximum absolute atomic E-state index is 12.5. The van der Waals surface area contributed by atoms with Crippen LogP contribution in [-0.2, 0) is 9.53 Å². The lowest BCUT2D eigenvalue weighted by molar-refractivity contribution is -0.120. The fourth-order valence-corrected chi connectivity index (χ4v) is 3.86. The largest absolute Gasteiger partial charge is 0.385 e. The number of ether oxygens (including phenoxy) is 1. The highest BCUT2D eigenvalue weighted by Gasteiger charge is 2.21. The third-order valence-electron chi connectivity index (χ3n) is 4.50. The second kappa shape index (κ2) is 10.6. The van der Waals surface area contributed by atoms with Gasteiger partial charge in [0.15, 0.2) is 11.0 Å². The zero-order valence-corrected chi connectivity index (χ0v) is 18.8. The third kappa shape index (κ3) is 5.62. The molecule has 8 heteroatoms. The van der Waals surface area contributed by atoms with Gasteiger partial charge in [-0.15, -0.1) is 10.2 Å². The number of benzene rings is 2. The van der Waals surface area contributed by atoms with Crippen molar-refractivity contribution >= 4 is 29.3 Å². The van der Waals surface area contributed by atoms with Gasteiger partial charge < -0.3 is 10.1 Å². The molecule has 0 aliphatic rings. The number of methoxy groups -OCH3 is 1. The van der Waals surface area contributed by atoms with Crippen LogP contribution in [-0.4, -0.2) is 46.2 Å². The van der Waals surface area contributed by atoms with Crippen LogP contribution in [0.4, 0.5) is 0 Å². The van der Waals surface area contributed by atoms with Crippen LogP contribution in [0, 0.1) is 6.92 Å². The van der Waals surface area contributed by atoms with Gasteiger partial charge in [0.2, 0.25) is 5.91 Å². The summed E-state index contributed by atoms with van der Waals surface area (Å²) in [7, 11) is 1.65. The summed E-state index contributed by atoms with van der Waals surface area (Å²) in [6.07, 6.45) is 0.778. The van der Waals surface area contributed by atoms with Crippen LogP contribution in [0.3, 0.4) is 0 Å². The van der Waals surface area contributed by atoms with Crippen molar-refractivity contribution in [1.82, 2.24) is 20.1 Å². The lowest BCUT2D eigenvalue weighted by atomic mass is 10.2. The number of carbonyl (C=O) groups excluding carboxylic acids is 1. The average Bonchev–Trinajstić information content (AvgIpc) is 3.15. The molecule has 0 saturated heterocycles. The first-order valence-corrected chi connectivity index (χ1v) is 11.0. The Balaban J connectivity index is 1.88. The minimum absolute atomic E-state index is 0.0393. The summed E-state index contributed by atoms with van der Waals surface area (Å²) in [6.45, 7) is 5.11. The highest BCUT2D eigenvalue weighted by molar-refractivity contribution is 8.00. The number of nitrogens with zero attached hydrogens (tertiary/aromatic N) is 3. The summed E-state index contributed by atoms with van der Waals surface area (Å²) in [5.74, 6) is 0.660. The van der Waals surface area contributed by atoms with Crippen molar-refractivity contribution in [2.75, 3.05) is 20.3 Å². The molecule has 1 heterocycles. The van der Waals surface area contributed by atoms with Crippen molar-refractivity contribution in [2.24, 2.45) is 0 Å². The molecule has 30 heavy (non-hydrogen) atoms. The predicted molar refractivity (Wildman–Crippen MR) is 121 cm³/mol. The molecule has 2 aromatic carbocycles. The van der Waals surface area contributed by atoms with E-state index in [-0.39, 0.29) is 11.2 Å². The second-order valence-electron chi connectivity index (χ2n) is 6.88. The molecular formula is C22H25ClN4O2S. The van der Waals surface area contributed by atoms with Crippen molar-refractivity contribution in [2.45, 2.75) is 30.7 Å². The van der Waals surface area contributed by atoms with Crippen LogP contribution in [0.1, 0.15) is 18.9 Å². The van der Waals surface area contributed by atoms with E-state index in [2.05, 4.69) is 15.5 Å². The van der Waals surface area contributed by atoms with Crippen molar-refractivity contribution < 1.29 is 9.53 Å².